The van der Waals surface area contributed by atoms with Gasteiger partial charge in [-0.1, -0.05) is 6.92 Å². The van der Waals surface area contributed by atoms with Crippen LogP contribution >= 0.6 is 0 Å². The van der Waals surface area contributed by atoms with Gasteiger partial charge in [-0.2, -0.15) is 0 Å². The number of amides is 2. The van der Waals surface area contributed by atoms with Crippen molar-refractivity contribution < 1.29 is 19.1 Å². The first-order chi connectivity index (χ1) is 8.45. The van der Waals surface area contributed by atoms with Gasteiger partial charge in [-0.25, -0.2) is 4.79 Å². The number of carbonyl (C=O) groups is 2. The van der Waals surface area contributed by atoms with Crippen LogP contribution in [-0.2, 0) is 14.3 Å². The van der Waals surface area contributed by atoms with E-state index in [0.717, 1.165) is 0 Å². The zero-order valence-electron chi connectivity index (χ0n) is 11.9. The summed E-state index contributed by atoms with van der Waals surface area (Å²) in [4.78, 5) is 25.3. The molecule has 0 aromatic heterocycles. The van der Waals surface area contributed by atoms with Gasteiger partial charge in [-0.05, 0) is 27.2 Å². The molecule has 0 saturated heterocycles. The van der Waals surface area contributed by atoms with Crippen molar-refractivity contribution in [3.05, 3.63) is 0 Å². The lowest BCUT2D eigenvalue weighted by Gasteiger charge is -2.30. The Morgan fingerprint density at radius 2 is 1.78 bits per heavy atom. The van der Waals surface area contributed by atoms with E-state index in [1.54, 1.807) is 13.8 Å². The topological polar surface area (TPSA) is 67.9 Å². The van der Waals surface area contributed by atoms with Crippen molar-refractivity contribution in [2.75, 3.05) is 26.9 Å². The number of carbonyl (C=O) groups excluding carboxylic acids is 2. The Kier molecular flexibility index (Phi) is 7.35. The van der Waals surface area contributed by atoms with E-state index in [0.29, 0.717) is 19.5 Å². The molecule has 0 aromatic rings. The minimum absolute atomic E-state index is 0.0945. The van der Waals surface area contributed by atoms with Crippen molar-refractivity contribution in [1.29, 1.82) is 0 Å². The molecule has 0 spiro atoms. The Hall–Kier alpha value is -1.30. The van der Waals surface area contributed by atoms with E-state index in [9.17, 15) is 9.59 Å². The van der Waals surface area contributed by atoms with Gasteiger partial charge in [0.2, 0.25) is 0 Å². The van der Waals surface area contributed by atoms with Crippen LogP contribution in [0.5, 0.6) is 0 Å². The summed E-state index contributed by atoms with van der Waals surface area (Å²) in [5.41, 5.74) is -1.17. The SMILES string of the molecule is CCN(CC)C(=O)OC(C)(CC)C(=O)NCOC. The second-order valence-corrected chi connectivity index (χ2v) is 4.06. The molecule has 0 bridgehead atoms. The van der Waals surface area contributed by atoms with Gasteiger partial charge in [-0.15, -0.1) is 0 Å². The molecule has 18 heavy (non-hydrogen) atoms. The molecule has 106 valence electrons. The molecule has 0 heterocycles. The molecule has 1 N–H and O–H groups in total. The molecule has 2 amide bonds. The lowest BCUT2D eigenvalue weighted by atomic mass is 10.0. The number of rotatable bonds is 7. The molecule has 1 atom stereocenters. The summed E-state index contributed by atoms with van der Waals surface area (Å²) in [5.74, 6) is -0.354. The van der Waals surface area contributed by atoms with Gasteiger partial charge in [0.25, 0.3) is 5.91 Å². The van der Waals surface area contributed by atoms with Crippen molar-refractivity contribution in [3.8, 4) is 0 Å². The van der Waals surface area contributed by atoms with Gasteiger partial charge in [-0.3, -0.25) is 4.79 Å². The first kappa shape index (κ1) is 16.7. The molecule has 0 fully saturated rings. The first-order valence-electron chi connectivity index (χ1n) is 6.20. The monoisotopic (exact) mass is 260 g/mol. The third-order valence-corrected chi connectivity index (χ3v) is 2.87. The fraction of sp³-hybridized carbons (Fsp3) is 0.833. The summed E-state index contributed by atoms with van der Waals surface area (Å²) in [6, 6.07) is 0. The number of ether oxygens (including phenoxy) is 2. The number of hydrogen-bond acceptors (Lipinski definition) is 4. The molecule has 1 unspecified atom stereocenters. The van der Waals surface area contributed by atoms with Crippen LogP contribution in [-0.4, -0.2) is 49.4 Å². The average Bonchev–Trinajstić information content (AvgIpc) is 2.36. The lowest BCUT2D eigenvalue weighted by molar-refractivity contribution is -0.141. The molecule has 0 aliphatic rings. The van der Waals surface area contributed by atoms with Gasteiger partial charge in [0, 0.05) is 20.2 Å². The molecule has 0 aliphatic heterocycles. The third-order valence-electron chi connectivity index (χ3n) is 2.87. The fourth-order valence-corrected chi connectivity index (χ4v) is 1.34. The maximum absolute atomic E-state index is 11.9. The largest absolute Gasteiger partial charge is 0.433 e. The van der Waals surface area contributed by atoms with Crippen LogP contribution in [0.2, 0.25) is 0 Å². The van der Waals surface area contributed by atoms with E-state index in [1.165, 1.54) is 12.0 Å². The number of hydrogen-bond donors (Lipinski definition) is 1. The molecular formula is C12H24N2O4. The highest BCUT2D eigenvalue weighted by atomic mass is 16.6. The van der Waals surface area contributed by atoms with E-state index in [4.69, 9.17) is 9.47 Å². The number of methoxy groups -OCH3 is 1. The normalized spacial score (nSPS) is 13.6. The maximum Gasteiger partial charge on any atom is 0.410 e. The van der Waals surface area contributed by atoms with Crippen LogP contribution in [0.15, 0.2) is 0 Å². The Morgan fingerprint density at radius 3 is 2.17 bits per heavy atom. The lowest BCUT2D eigenvalue weighted by Crippen LogP contribution is -2.50. The quantitative estimate of drug-likeness (QED) is 0.702. The van der Waals surface area contributed by atoms with Gasteiger partial charge < -0.3 is 19.7 Å². The highest BCUT2D eigenvalue weighted by molar-refractivity contribution is 5.87. The van der Waals surface area contributed by atoms with Gasteiger partial charge in [0.15, 0.2) is 5.60 Å². The second kappa shape index (κ2) is 7.92. The second-order valence-electron chi connectivity index (χ2n) is 4.06. The zero-order chi connectivity index (χ0) is 14.2. The number of nitrogens with one attached hydrogen (secondary N) is 1. The molecule has 0 aliphatic carbocycles. The highest BCUT2D eigenvalue weighted by Gasteiger charge is 2.36. The van der Waals surface area contributed by atoms with Crippen molar-refractivity contribution >= 4 is 12.0 Å². The van der Waals surface area contributed by atoms with Crippen LogP contribution in [0.1, 0.15) is 34.1 Å². The summed E-state index contributed by atoms with van der Waals surface area (Å²) in [7, 11) is 1.48. The molecule has 0 saturated carbocycles. The summed E-state index contributed by atoms with van der Waals surface area (Å²) in [5, 5.41) is 2.55. The third kappa shape index (κ3) is 4.52. The smallest absolute Gasteiger partial charge is 0.410 e. The molecular weight excluding hydrogens is 236 g/mol. The summed E-state index contributed by atoms with van der Waals surface area (Å²) < 4.78 is 10.1. The van der Waals surface area contributed by atoms with Crippen LogP contribution in [0.25, 0.3) is 0 Å². The molecule has 0 aromatic carbocycles. The summed E-state index contributed by atoms with van der Waals surface area (Å²) >= 11 is 0. The van der Waals surface area contributed by atoms with Crippen molar-refractivity contribution in [2.45, 2.75) is 39.7 Å². The van der Waals surface area contributed by atoms with E-state index in [1.807, 2.05) is 13.8 Å². The van der Waals surface area contributed by atoms with E-state index >= 15 is 0 Å². The van der Waals surface area contributed by atoms with E-state index in [2.05, 4.69) is 5.32 Å². The van der Waals surface area contributed by atoms with Crippen LogP contribution in [0.4, 0.5) is 4.79 Å². The standard InChI is InChI=1S/C12H24N2O4/c1-6-12(4,10(15)13-9-17-5)18-11(16)14(7-2)8-3/h6-9H2,1-5H3,(H,13,15). The Balaban J connectivity index is 4.64. The maximum atomic E-state index is 11.9. The van der Waals surface area contributed by atoms with Gasteiger partial charge in [0.1, 0.15) is 6.73 Å². The van der Waals surface area contributed by atoms with Crippen molar-refractivity contribution in [2.24, 2.45) is 0 Å². The van der Waals surface area contributed by atoms with Gasteiger partial charge in [0.05, 0.1) is 0 Å². The van der Waals surface area contributed by atoms with Crippen LogP contribution < -0.4 is 5.32 Å². The van der Waals surface area contributed by atoms with Crippen LogP contribution in [0, 0.1) is 0 Å². The van der Waals surface area contributed by atoms with Gasteiger partial charge >= 0.3 is 6.09 Å². The average molecular weight is 260 g/mol. The first-order valence-corrected chi connectivity index (χ1v) is 6.20. The van der Waals surface area contributed by atoms with E-state index in [-0.39, 0.29) is 12.6 Å². The minimum atomic E-state index is -1.17. The predicted octanol–water partition coefficient (Wildman–Crippen LogP) is 1.35. The van der Waals surface area contributed by atoms with E-state index < -0.39 is 11.7 Å². The molecule has 0 rings (SSSR count). The highest BCUT2D eigenvalue weighted by Crippen LogP contribution is 2.17. The van der Waals surface area contributed by atoms with Crippen LogP contribution in [0.3, 0.4) is 0 Å². The number of nitrogens with zero attached hydrogens (tertiary/aromatic N) is 1. The molecule has 0 radical (unpaired) electrons. The Labute approximate surface area is 109 Å². The van der Waals surface area contributed by atoms with Crippen molar-refractivity contribution in [3.63, 3.8) is 0 Å². The Morgan fingerprint density at radius 1 is 1.22 bits per heavy atom. The fourth-order valence-electron chi connectivity index (χ4n) is 1.34. The zero-order valence-corrected chi connectivity index (χ0v) is 11.9. The summed E-state index contributed by atoms with van der Waals surface area (Å²) in [6.07, 6.45) is -0.0767. The Bertz CT molecular complexity index is 279. The predicted molar refractivity (Wildman–Crippen MR) is 68.1 cm³/mol. The minimum Gasteiger partial charge on any atom is -0.433 e. The molecule has 6 heteroatoms. The molecule has 6 nitrogen and oxygen atoms in total. The summed E-state index contributed by atoms with van der Waals surface area (Å²) in [6.45, 7) is 8.31. The van der Waals surface area contributed by atoms with Crippen molar-refractivity contribution in [1.82, 2.24) is 10.2 Å².